The molecule has 3 rings (SSSR count). The molecule has 0 saturated carbocycles. The minimum absolute atomic E-state index is 0.0692. The maximum Gasteiger partial charge on any atom is 0.410 e. The molecule has 0 unspecified atom stereocenters. The number of aromatic nitrogens is 1. The molecular weight excluding hydrogens is 382 g/mol. The van der Waals surface area contributed by atoms with E-state index < -0.39 is 9.84 Å². The van der Waals surface area contributed by atoms with Gasteiger partial charge in [-0.2, -0.15) is 0 Å². The summed E-state index contributed by atoms with van der Waals surface area (Å²) in [6, 6.07) is 1.81. The molecule has 0 aromatic carbocycles. The van der Waals surface area contributed by atoms with E-state index in [1.54, 1.807) is 11.8 Å². The van der Waals surface area contributed by atoms with Crippen molar-refractivity contribution in [3.05, 3.63) is 23.0 Å². The van der Waals surface area contributed by atoms with Crippen molar-refractivity contribution in [3.8, 4) is 0 Å². The third-order valence-electron chi connectivity index (χ3n) is 5.77. The van der Waals surface area contributed by atoms with Crippen LogP contribution in [0.5, 0.6) is 0 Å². The highest BCUT2D eigenvalue weighted by molar-refractivity contribution is 7.91. The number of quaternary nitrogens is 1. The average Bonchev–Trinajstić information content (AvgIpc) is 3.14. The zero-order chi connectivity index (χ0) is 20.5. The third-order valence-corrected chi connectivity index (χ3v) is 7.52. The molecule has 0 radical (unpaired) electrons. The molecule has 2 aliphatic rings. The first-order valence-corrected chi connectivity index (χ1v) is 11.7. The van der Waals surface area contributed by atoms with Crippen molar-refractivity contribution in [2.75, 3.05) is 50.8 Å². The Kier molecular flexibility index (Phi) is 6.14. The Labute approximate surface area is 166 Å². The van der Waals surface area contributed by atoms with E-state index in [1.807, 2.05) is 24.5 Å². The van der Waals surface area contributed by atoms with Crippen molar-refractivity contribution < 1.29 is 27.6 Å². The number of Topliss-reactive ketones (excluding diaryl/α,β-unsaturated/α-hetero) is 1. The molecule has 0 aliphatic carbocycles. The zero-order valence-electron chi connectivity index (χ0n) is 16.9. The fraction of sp³-hybridized carbons (Fsp3) is 0.684. The van der Waals surface area contributed by atoms with Gasteiger partial charge < -0.3 is 14.2 Å². The molecule has 1 amide bonds. The summed E-state index contributed by atoms with van der Waals surface area (Å²) in [5.41, 5.74) is 2.47. The second-order valence-electron chi connectivity index (χ2n) is 7.75. The highest BCUT2D eigenvalue weighted by Crippen LogP contribution is 2.29. The summed E-state index contributed by atoms with van der Waals surface area (Å²) >= 11 is 0. The van der Waals surface area contributed by atoms with E-state index in [0.29, 0.717) is 51.3 Å². The lowest BCUT2D eigenvalue weighted by Crippen LogP contribution is -3.15. The summed E-state index contributed by atoms with van der Waals surface area (Å²) in [7, 11) is -2.98. The smallest absolute Gasteiger partial charge is 0.410 e. The molecule has 3 heterocycles. The van der Waals surface area contributed by atoms with E-state index in [-0.39, 0.29) is 29.4 Å². The number of ketones is 1. The SMILES string of the molecule is CCOC(=O)N1CC[NH+](CC(=O)c2cc(C)n([C@@H]3CCS(=O)(=O)C3)c2C)CC1. The van der Waals surface area contributed by atoms with Crippen molar-refractivity contribution in [1.82, 2.24) is 9.47 Å². The number of nitrogens with one attached hydrogen (secondary N) is 1. The van der Waals surface area contributed by atoms with Crippen LogP contribution in [0.3, 0.4) is 0 Å². The first-order chi connectivity index (χ1) is 13.2. The van der Waals surface area contributed by atoms with Gasteiger partial charge in [0.25, 0.3) is 0 Å². The van der Waals surface area contributed by atoms with Gasteiger partial charge >= 0.3 is 6.09 Å². The molecule has 2 fully saturated rings. The topological polar surface area (TPSA) is 90.1 Å². The minimum atomic E-state index is -2.98. The lowest BCUT2D eigenvalue weighted by atomic mass is 10.1. The molecule has 1 aromatic rings. The van der Waals surface area contributed by atoms with E-state index in [0.717, 1.165) is 16.3 Å². The van der Waals surface area contributed by atoms with E-state index >= 15 is 0 Å². The highest BCUT2D eigenvalue weighted by Gasteiger charge is 2.32. The molecule has 9 heteroatoms. The van der Waals surface area contributed by atoms with Crippen molar-refractivity contribution in [2.45, 2.75) is 33.2 Å². The molecule has 1 atom stereocenters. The summed E-state index contributed by atoms with van der Waals surface area (Å²) in [6.45, 7) is 8.95. The predicted octanol–water partition coefficient (Wildman–Crippen LogP) is 0.00424. The Bertz CT molecular complexity index is 853. The van der Waals surface area contributed by atoms with E-state index in [4.69, 9.17) is 4.74 Å². The number of rotatable bonds is 5. The van der Waals surface area contributed by atoms with Crippen molar-refractivity contribution in [3.63, 3.8) is 0 Å². The molecule has 2 saturated heterocycles. The second-order valence-corrected chi connectivity index (χ2v) is 9.98. The quantitative estimate of drug-likeness (QED) is 0.688. The molecular formula is C19H30N3O5S+. The Morgan fingerprint density at radius 3 is 2.50 bits per heavy atom. The lowest BCUT2D eigenvalue weighted by Gasteiger charge is -2.31. The van der Waals surface area contributed by atoms with Crippen molar-refractivity contribution >= 4 is 21.7 Å². The Morgan fingerprint density at radius 2 is 1.93 bits per heavy atom. The van der Waals surface area contributed by atoms with Crippen LogP contribution in [0.4, 0.5) is 4.79 Å². The summed E-state index contributed by atoms with van der Waals surface area (Å²) in [5, 5.41) is 0. The minimum Gasteiger partial charge on any atom is -0.450 e. The van der Waals surface area contributed by atoms with Crippen LogP contribution in [0.2, 0.25) is 0 Å². The predicted molar refractivity (Wildman–Crippen MR) is 105 cm³/mol. The van der Waals surface area contributed by atoms with Crippen LogP contribution in [0.1, 0.15) is 41.1 Å². The van der Waals surface area contributed by atoms with Crippen LogP contribution in [0, 0.1) is 13.8 Å². The largest absolute Gasteiger partial charge is 0.450 e. The average molecular weight is 413 g/mol. The number of ether oxygens (including phenoxy) is 1. The Balaban J connectivity index is 1.63. The molecule has 1 aromatic heterocycles. The van der Waals surface area contributed by atoms with Gasteiger partial charge in [-0.1, -0.05) is 0 Å². The Morgan fingerprint density at radius 1 is 1.25 bits per heavy atom. The third kappa shape index (κ3) is 4.41. The number of aryl methyl sites for hydroxylation is 1. The van der Waals surface area contributed by atoms with Gasteiger partial charge in [-0.05, 0) is 33.3 Å². The summed E-state index contributed by atoms with van der Waals surface area (Å²) in [5.74, 6) is 0.435. The highest BCUT2D eigenvalue weighted by atomic mass is 32.2. The van der Waals surface area contributed by atoms with Gasteiger partial charge in [-0.15, -0.1) is 0 Å². The summed E-state index contributed by atoms with van der Waals surface area (Å²) in [4.78, 5) is 27.5. The first kappa shape index (κ1) is 20.9. The monoisotopic (exact) mass is 412 g/mol. The fourth-order valence-corrected chi connectivity index (χ4v) is 6.02. The second kappa shape index (κ2) is 8.24. The van der Waals surface area contributed by atoms with Crippen LogP contribution in [-0.2, 0) is 14.6 Å². The number of carbonyl (C=O) groups excluding carboxylic acids is 2. The summed E-state index contributed by atoms with van der Waals surface area (Å²) < 4.78 is 30.7. The van der Waals surface area contributed by atoms with Crippen LogP contribution >= 0.6 is 0 Å². The molecule has 28 heavy (non-hydrogen) atoms. The molecule has 0 bridgehead atoms. The molecule has 1 N–H and O–H groups in total. The van der Waals surface area contributed by atoms with Crippen molar-refractivity contribution in [2.24, 2.45) is 0 Å². The number of hydrogen-bond donors (Lipinski definition) is 1. The van der Waals surface area contributed by atoms with Gasteiger partial charge in [0, 0.05) is 23.0 Å². The molecule has 2 aliphatic heterocycles. The van der Waals surface area contributed by atoms with E-state index in [1.165, 1.54) is 0 Å². The lowest BCUT2D eigenvalue weighted by molar-refractivity contribution is -0.895. The maximum atomic E-state index is 12.9. The van der Waals surface area contributed by atoms with E-state index in [2.05, 4.69) is 0 Å². The maximum absolute atomic E-state index is 12.9. The first-order valence-electron chi connectivity index (χ1n) is 9.89. The van der Waals surface area contributed by atoms with Gasteiger partial charge in [-0.25, -0.2) is 13.2 Å². The molecule has 156 valence electrons. The Hall–Kier alpha value is -1.87. The van der Waals surface area contributed by atoms with Crippen molar-refractivity contribution in [1.29, 1.82) is 0 Å². The van der Waals surface area contributed by atoms with Gasteiger partial charge in [0.05, 0.1) is 44.3 Å². The molecule has 0 spiro atoms. The van der Waals surface area contributed by atoms with Gasteiger partial charge in [0.15, 0.2) is 9.84 Å². The standard InChI is InChI=1S/C19H29N3O5S/c1-4-27-19(24)21-8-6-20(7-9-21)12-18(23)17-11-14(2)22(15(17)3)16-5-10-28(25,26)13-16/h11,16H,4-10,12-13H2,1-3H3/p+1/t16-/m1/s1. The van der Waals surface area contributed by atoms with Crippen LogP contribution in [0.15, 0.2) is 6.07 Å². The zero-order valence-corrected chi connectivity index (χ0v) is 17.7. The number of carbonyl (C=O) groups is 2. The van der Waals surface area contributed by atoms with Crippen LogP contribution < -0.4 is 4.90 Å². The number of amides is 1. The normalized spacial score (nSPS) is 22.4. The van der Waals surface area contributed by atoms with Crippen LogP contribution in [0.25, 0.3) is 0 Å². The van der Waals surface area contributed by atoms with Gasteiger partial charge in [0.2, 0.25) is 5.78 Å². The number of hydrogen-bond acceptors (Lipinski definition) is 5. The molecule has 8 nitrogen and oxygen atoms in total. The van der Waals surface area contributed by atoms with Gasteiger partial charge in [0.1, 0.15) is 6.54 Å². The fourth-order valence-electron chi connectivity index (χ4n) is 4.32. The number of sulfone groups is 1. The van der Waals surface area contributed by atoms with Gasteiger partial charge in [-0.3, -0.25) is 9.69 Å². The summed E-state index contributed by atoms with van der Waals surface area (Å²) in [6.07, 6.45) is 0.316. The number of piperazine rings is 1. The number of nitrogens with zero attached hydrogens (tertiary/aromatic N) is 2. The van der Waals surface area contributed by atoms with E-state index in [9.17, 15) is 18.0 Å². The van der Waals surface area contributed by atoms with Crippen LogP contribution in [-0.4, -0.2) is 80.6 Å².